The molecule has 1 fully saturated rings. The normalized spacial score (nSPS) is 29.5. The van der Waals surface area contributed by atoms with Gasteiger partial charge in [-0.05, 0) is 27.7 Å². The fourth-order valence-electron chi connectivity index (χ4n) is 0.766. The molecule has 0 bridgehead atoms. The van der Waals surface area contributed by atoms with Crippen LogP contribution >= 0.6 is 33.3 Å². The Hall–Kier alpha value is 1.05. The Bertz CT molecular complexity index is 124. The average molecular weight is 208 g/mol. The molecule has 1 rings (SSSR count). The molecule has 0 aliphatic carbocycles. The van der Waals surface area contributed by atoms with Crippen molar-refractivity contribution in [3.05, 3.63) is 0 Å². The number of hydrogen-bond acceptors (Lipinski definition) is 3. The SMILES string of the molecule is CC1(C)CSSC(C)(C)CS1. The van der Waals surface area contributed by atoms with Crippen molar-refractivity contribution in [1.82, 2.24) is 0 Å². The van der Waals surface area contributed by atoms with Gasteiger partial charge in [0, 0.05) is 21.0 Å². The summed E-state index contributed by atoms with van der Waals surface area (Å²) in [6.07, 6.45) is 0. The van der Waals surface area contributed by atoms with E-state index in [9.17, 15) is 0 Å². The molecule has 1 heterocycles. The predicted molar refractivity (Wildman–Crippen MR) is 60.7 cm³/mol. The van der Waals surface area contributed by atoms with Crippen LogP contribution < -0.4 is 0 Å². The molecule has 0 amide bonds. The van der Waals surface area contributed by atoms with Gasteiger partial charge in [0.15, 0.2) is 0 Å². The fourth-order valence-corrected chi connectivity index (χ4v) is 5.72. The summed E-state index contributed by atoms with van der Waals surface area (Å²) in [6, 6.07) is 0. The molecule has 11 heavy (non-hydrogen) atoms. The largest absolute Gasteiger partial charge is 0.153 e. The maximum atomic E-state index is 2.34. The maximum Gasteiger partial charge on any atom is 0.0297 e. The minimum atomic E-state index is 0.461. The first-order valence-corrected chi connectivity index (χ1v) is 7.16. The summed E-state index contributed by atoms with van der Waals surface area (Å²) in [6.45, 7) is 9.34. The Morgan fingerprint density at radius 2 is 1.55 bits per heavy atom. The van der Waals surface area contributed by atoms with Gasteiger partial charge in [-0.3, -0.25) is 0 Å². The molecule has 1 aliphatic rings. The van der Waals surface area contributed by atoms with Crippen LogP contribution in [0.3, 0.4) is 0 Å². The van der Waals surface area contributed by atoms with Crippen molar-refractivity contribution in [1.29, 1.82) is 0 Å². The molecule has 1 aliphatic heterocycles. The third-order valence-electron chi connectivity index (χ3n) is 1.50. The summed E-state index contributed by atoms with van der Waals surface area (Å²) in [5.74, 6) is 2.55. The van der Waals surface area contributed by atoms with Crippen LogP contribution in [0.1, 0.15) is 27.7 Å². The molecule has 1 saturated heterocycles. The summed E-state index contributed by atoms with van der Waals surface area (Å²) in [4.78, 5) is 0. The second kappa shape index (κ2) is 3.43. The molecular formula is C8H16S3. The molecular weight excluding hydrogens is 192 g/mol. The third-order valence-corrected chi connectivity index (χ3v) is 7.27. The minimum Gasteiger partial charge on any atom is -0.153 e. The van der Waals surface area contributed by atoms with Gasteiger partial charge in [0.25, 0.3) is 0 Å². The fraction of sp³-hybridized carbons (Fsp3) is 1.00. The second-order valence-electron chi connectivity index (χ2n) is 4.15. The molecule has 66 valence electrons. The predicted octanol–water partition coefficient (Wildman–Crippen LogP) is 3.67. The van der Waals surface area contributed by atoms with Crippen LogP contribution in [-0.2, 0) is 0 Å². The van der Waals surface area contributed by atoms with E-state index < -0.39 is 0 Å². The lowest BCUT2D eigenvalue weighted by Crippen LogP contribution is -2.21. The Morgan fingerprint density at radius 3 is 2.18 bits per heavy atom. The van der Waals surface area contributed by atoms with Gasteiger partial charge >= 0.3 is 0 Å². The standard InChI is InChI=1S/C8H16S3/c1-7(2)6-10-11-8(3,4)5-9-7/h5-6H2,1-4H3. The van der Waals surface area contributed by atoms with Crippen LogP contribution in [0.2, 0.25) is 0 Å². The molecule has 0 aromatic rings. The molecule has 0 spiro atoms. The van der Waals surface area contributed by atoms with E-state index >= 15 is 0 Å². The van der Waals surface area contributed by atoms with Gasteiger partial charge in [0.1, 0.15) is 0 Å². The lowest BCUT2D eigenvalue weighted by atomic mass is 10.2. The molecule has 0 saturated carbocycles. The minimum absolute atomic E-state index is 0.461. The summed E-state index contributed by atoms with van der Waals surface area (Å²) in [5, 5.41) is 0. The molecule has 0 radical (unpaired) electrons. The van der Waals surface area contributed by atoms with Crippen LogP contribution in [0, 0.1) is 0 Å². The third kappa shape index (κ3) is 3.51. The van der Waals surface area contributed by atoms with Crippen molar-refractivity contribution in [3.63, 3.8) is 0 Å². The average Bonchev–Trinajstić information content (AvgIpc) is 1.92. The molecule has 0 unspecified atom stereocenters. The zero-order chi connectivity index (χ0) is 8.54. The van der Waals surface area contributed by atoms with E-state index in [0.717, 1.165) is 0 Å². The Balaban J connectivity index is 2.53. The van der Waals surface area contributed by atoms with E-state index in [0.29, 0.717) is 9.49 Å². The topological polar surface area (TPSA) is 0 Å². The van der Waals surface area contributed by atoms with Crippen molar-refractivity contribution >= 4 is 33.3 Å². The van der Waals surface area contributed by atoms with Gasteiger partial charge in [-0.25, -0.2) is 0 Å². The van der Waals surface area contributed by atoms with Gasteiger partial charge in [-0.1, -0.05) is 21.6 Å². The highest BCUT2D eigenvalue weighted by molar-refractivity contribution is 8.77. The van der Waals surface area contributed by atoms with E-state index in [1.807, 2.05) is 21.6 Å². The lowest BCUT2D eigenvalue weighted by molar-refractivity contribution is 0.790. The van der Waals surface area contributed by atoms with Gasteiger partial charge in [-0.2, -0.15) is 11.8 Å². The van der Waals surface area contributed by atoms with Gasteiger partial charge in [0.05, 0.1) is 0 Å². The first-order valence-electron chi connectivity index (χ1n) is 3.86. The van der Waals surface area contributed by atoms with E-state index in [1.54, 1.807) is 0 Å². The van der Waals surface area contributed by atoms with Crippen LogP contribution in [0.5, 0.6) is 0 Å². The monoisotopic (exact) mass is 208 g/mol. The highest BCUT2D eigenvalue weighted by atomic mass is 33.1. The van der Waals surface area contributed by atoms with Gasteiger partial charge in [-0.15, -0.1) is 0 Å². The van der Waals surface area contributed by atoms with Crippen LogP contribution in [-0.4, -0.2) is 21.0 Å². The summed E-state index contributed by atoms with van der Waals surface area (Å²) >= 11 is 2.11. The smallest absolute Gasteiger partial charge is 0.0297 e. The maximum absolute atomic E-state index is 2.34. The van der Waals surface area contributed by atoms with Gasteiger partial charge < -0.3 is 0 Å². The lowest BCUT2D eigenvalue weighted by Gasteiger charge is -2.22. The molecule has 0 N–H and O–H groups in total. The van der Waals surface area contributed by atoms with E-state index in [4.69, 9.17) is 0 Å². The highest BCUT2D eigenvalue weighted by Gasteiger charge is 2.30. The molecule has 3 heteroatoms. The Kier molecular flexibility index (Phi) is 3.16. The zero-order valence-corrected chi connectivity index (χ0v) is 10.1. The number of thioether (sulfide) groups is 1. The second-order valence-corrected chi connectivity index (χ2v) is 8.84. The van der Waals surface area contributed by atoms with Crippen LogP contribution in [0.4, 0.5) is 0 Å². The number of hydrogen-bond donors (Lipinski definition) is 0. The van der Waals surface area contributed by atoms with E-state index in [2.05, 4.69) is 39.5 Å². The van der Waals surface area contributed by atoms with Crippen molar-refractivity contribution in [3.8, 4) is 0 Å². The highest BCUT2D eigenvalue weighted by Crippen LogP contribution is 2.47. The zero-order valence-electron chi connectivity index (χ0n) is 7.64. The molecule has 0 aromatic heterocycles. The van der Waals surface area contributed by atoms with E-state index in [-0.39, 0.29) is 0 Å². The molecule has 0 atom stereocenters. The van der Waals surface area contributed by atoms with Crippen LogP contribution in [0.15, 0.2) is 0 Å². The quantitative estimate of drug-likeness (QED) is 0.558. The van der Waals surface area contributed by atoms with Crippen LogP contribution in [0.25, 0.3) is 0 Å². The Morgan fingerprint density at radius 1 is 0.909 bits per heavy atom. The van der Waals surface area contributed by atoms with Gasteiger partial charge in [0.2, 0.25) is 0 Å². The first kappa shape index (κ1) is 10.1. The number of rotatable bonds is 0. The Labute approximate surface area is 82.1 Å². The van der Waals surface area contributed by atoms with Crippen molar-refractivity contribution in [2.45, 2.75) is 37.2 Å². The van der Waals surface area contributed by atoms with E-state index in [1.165, 1.54) is 11.5 Å². The summed E-state index contributed by atoms with van der Waals surface area (Å²) < 4.78 is 0.939. The first-order chi connectivity index (χ1) is 4.91. The summed E-state index contributed by atoms with van der Waals surface area (Å²) in [7, 11) is 4.06. The van der Waals surface area contributed by atoms with Crippen molar-refractivity contribution in [2.75, 3.05) is 11.5 Å². The molecule has 0 nitrogen and oxygen atoms in total. The summed E-state index contributed by atoms with van der Waals surface area (Å²) in [5.41, 5.74) is 0. The molecule has 0 aromatic carbocycles. The van der Waals surface area contributed by atoms with Crippen molar-refractivity contribution < 1.29 is 0 Å². The van der Waals surface area contributed by atoms with Crippen molar-refractivity contribution in [2.24, 2.45) is 0 Å².